The summed E-state index contributed by atoms with van der Waals surface area (Å²) in [6.45, 7) is 8.54. The third-order valence-corrected chi connectivity index (χ3v) is 5.73. The summed E-state index contributed by atoms with van der Waals surface area (Å²) in [7, 11) is 1.65. The molecule has 1 fully saturated rings. The van der Waals surface area contributed by atoms with E-state index in [1.165, 1.54) is 10.6 Å². The number of aryl methyl sites for hydroxylation is 2. The van der Waals surface area contributed by atoms with E-state index in [1.54, 1.807) is 18.4 Å². The van der Waals surface area contributed by atoms with Crippen LogP contribution in [-0.4, -0.2) is 42.0 Å². The van der Waals surface area contributed by atoms with E-state index in [4.69, 9.17) is 4.74 Å². The number of ether oxygens (including phenoxy) is 1. The van der Waals surface area contributed by atoms with Crippen molar-refractivity contribution in [2.75, 3.05) is 25.1 Å². The van der Waals surface area contributed by atoms with Crippen molar-refractivity contribution in [2.45, 2.75) is 39.8 Å². The highest BCUT2D eigenvalue weighted by molar-refractivity contribution is 7.11. The van der Waals surface area contributed by atoms with Crippen LogP contribution in [0.3, 0.4) is 0 Å². The highest BCUT2D eigenvalue weighted by Crippen LogP contribution is 2.26. The monoisotopic (exact) mass is 359 g/mol. The summed E-state index contributed by atoms with van der Waals surface area (Å²) in [6, 6.07) is 7.55. The Morgan fingerprint density at radius 2 is 2.00 bits per heavy atom. The standard InChI is InChI=1S/C19H25N3O2S/c1-5-17-18(25-14(3)20-17)12-21-10-11-22(19(23)13(21)2)15-6-8-16(24-4)9-7-15/h6-9,13H,5,10-12H2,1-4H3/t13-/m0/s1. The molecule has 6 heteroatoms. The molecular formula is C19H25N3O2S. The Kier molecular flexibility index (Phi) is 5.39. The Bertz CT molecular complexity index is 742. The van der Waals surface area contributed by atoms with Crippen molar-refractivity contribution in [2.24, 2.45) is 0 Å². The molecule has 2 heterocycles. The zero-order valence-corrected chi connectivity index (χ0v) is 16.1. The first-order valence-corrected chi connectivity index (χ1v) is 9.49. The first-order valence-electron chi connectivity index (χ1n) is 8.68. The molecule has 0 saturated carbocycles. The average Bonchev–Trinajstić information content (AvgIpc) is 2.99. The Morgan fingerprint density at radius 3 is 2.64 bits per heavy atom. The summed E-state index contributed by atoms with van der Waals surface area (Å²) in [5, 5.41) is 1.10. The molecule has 2 aromatic rings. The minimum atomic E-state index is -0.136. The van der Waals surface area contributed by atoms with E-state index in [9.17, 15) is 4.79 Å². The first kappa shape index (κ1) is 17.9. The summed E-state index contributed by atoms with van der Waals surface area (Å²) >= 11 is 1.75. The van der Waals surface area contributed by atoms with Crippen molar-refractivity contribution in [1.29, 1.82) is 0 Å². The van der Waals surface area contributed by atoms with Crippen LogP contribution in [0, 0.1) is 6.92 Å². The van der Waals surface area contributed by atoms with Gasteiger partial charge in [-0.05, 0) is 44.5 Å². The Hall–Kier alpha value is -1.92. The summed E-state index contributed by atoms with van der Waals surface area (Å²) in [4.78, 5) is 22.9. The quantitative estimate of drug-likeness (QED) is 0.822. The van der Waals surface area contributed by atoms with Gasteiger partial charge in [-0.2, -0.15) is 0 Å². The minimum absolute atomic E-state index is 0.136. The van der Waals surface area contributed by atoms with E-state index >= 15 is 0 Å². The smallest absolute Gasteiger partial charge is 0.244 e. The number of thiazole rings is 1. The summed E-state index contributed by atoms with van der Waals surface area (Å²) in [5.41, 5.74) is 2.10. The molecule has 25 heavy (non-hydrogen) atoms. The predicted octanol–water partition coefficient (Wildman–Crippen LogP) is 3.26. The van der Waals surface area contributed by atoms with E-state index in [-0.39, 0.29) is 11.9 Å². The molecule has 134 valence electrons. The lowest BCUT2D eigenvalue weighted by atomic mass is 10.1. The van der Waals surface area contributed by atoms with Gasteiger partial charge in [0.1, 0.15) is 5.75 Å². The number of aromatic nitrogens is 1. The zero-order chi connectivity index (χ0) is 18.0. The zero-order valence-electron chi connectivity index (χ0n) is 15.3. The van der Waals surface area contributed by atoms with Gasteiger partial charge in [0.25, 0.3) is 0 Å². The second-order valence-electron chi connectivity index (χ2n) is 6.29. The van der Waals surface area contributed by atoms with Crippen LogP contribution in [0.15, 0.2) is 24.3 Å². The van der Waals surface area contributed by atoms with Gasteiger partial charge < -0.3 is 9.64 Å². The van der Waals surface area contributed by atoms with Crippen LogP contribution in [0.2, 0.25) is 0 Å². The van der Waals surface area contributed by atoms with Gasteiger partial charge in [0.05, 0.1) is 23.9 Å². The van der Waals surface area contributed by atoms with Crippen LogP contribution in [-0.2, 0) is 17.8 Å². The number of amides is 1. The topological polar surface area (TPSA) is 45.7 Å². The van der Waals surface area contributed by atoms with Crippen LogP contribution in [0.25, 0.3) is 0 Å². The maximum atomic E-state index is 12.9. The minimum Gasteiger partial charge on any atom is -0.497 e. The van der Waals surface area contributed by atoms with E-state index in [0.717, 1.165) is 36.0 Å². The molecule has 1 saturated heterocycles. The number of hydrogen-bond donors (Lipinski definition) is 0. The number of carbonyl (C=O) groups is 1. The number of carbonyl (C=O) groups excluding carboxylic acids is 1. The van der Waals surface area contributed by atoms with Crippen molar-refractivity contribution in [1.82, 2.24) is 9.88 Å². The highest BCUT2D eigenvalue weighted by Gasteiger charge is 2.32. The molecule has 0 radical (unpaired) electrons. The molecule has 0 spiro atoms. The first-order chi connectivity index (χ1) is 12.0. The van der Waals surface area contributed by atoms with E-state index in [1.807, 2.05) is 43.0 Å². The van der Waals surface area contributed by atoms with Crippen molar-refractivity contribution in [3.63, 3.8) is 0 Å². The van der Waals surface area contributed by atoms with Gasteiger partial charge in [-0.1, -0.05) is 6.92 Å². The lowest BCUT2D eigenvalue weighted by Crippen LogP contribution is -2.55. The molecule has 3 rings (SSSR count). The van der Waals surface area contributed by atoms with Gasteiger partial charge >= 0.3 is 0 Å². The van der Waals surface area contributed by atoms with Gasteiger partial charge in [0.2, 0.25) is 5.91 Å². The lowest BCUT2D eigenvalue weighted by molar-refractivity contribution is -0.125. The third kappa shape index (κ3) is 3.70. The van der Waals surface area contributed by atoms with Gasteiger partial charge in [-0.25, -0.2) is 4.98 Å². The molecule has 0 N–H and O–H groups in total. The fraction of sp³-hybridized carbons (Fsp3) is 0.474. The molecule has 1 aromatic carbocycles. The predicted molar refractivity (Wildman–Crippen MR) is 101 cm³/mol. The van der Waals surface area contributed by atoms with E-state index < -0.39 is 0 Å². The number of rotatable bonds is 5. The number of benzene rings is 1. The molecule has 0 aliphatic carbocycles. The van der Waals surface area contributed by atoms with Gasteiger partial charge in [0.15, 0.2) is 0 Å². The number of hydrogen-bond acceptors (Lipinski definition) is 5. The molecule has 1 atom stereocenters. The van der Waals surface area contributed by atoms with Crippen LogP contribution < -0.4 is 9.64 Å². The second-order valence-corrected chi connectivity index (χ2v) is 7.58. The number of nitrogens with zero attached hydrogens (tertiary/aromatic N) is 3. The largest absolute Gasteiger partial charge is 0.497 e. The molecule has 1 aliphatic heterocycles. The molecule has 1 aromatic heterocycles. The van der Waals surface area contributed by atoms with Crippen LogP contribution in [0.4, 0.5) is 5.69 Å². The van der Waals surface area contributed by atoms with Gasteiger partial charge in [-0.15, -0.1) is 11.3 Å². The van der Waals surface area contributed by atoms with E-state index in [2.05, 4.69) is 16.8 Å². The fourth-order valence-corrected chi connectivity index (χ4v) is 4.30. The summed E-state index contributed by atoms with van der Waals surface area (Å²) < 4.78 is 5.20. The highest BCUT2D eigenvalue weighted by atomic mass is 32.1. The van der Waals surface area contributed by atoms with E-state index in [0.29, 0.717) is 6.54 Å². The third-order valence-electron chi connectivity index (χ3n) is 4.73. The van der Waals surface area contributed by atoms with Crippen LogP contribution >= 0.6 is 11.3 Å². The van der Waals surface area contributed by atoms with Crippen molar-refractivity contribution < 1.29 is 9.53 Å². The molecule has 0 bridgehead atoms. The number of anilines is 1. The molecule has 1 aliphatic rings. The number of methoxy groups -OCH3 is 1. The average molecular weight is 359 g/mol. The second kappa shape index (κ2) is 7.54. The fourth-order valence-electron chi connectivity index (χ4n) is 3.25. The maximum Gasteiger partial charge on any atom is 0.244 e. The number of piperazine rings is 1. The molecule has 5 nitrogen and oxygen atoms in total. The van der Waals surface area contributed by atoms with Crippen molar-refractivity contribution in [3.05, 3.63) is 39.8 Å². The maximum absolute atomic E-state index is 12.9. The molecule has 0 unspecified atom stereocenters. The van der Waals surface area contributed by atoms with Crippen LogP contribution in [0.5, 0.6) is 5.75 Å². The van der Waals surface area contributed by atoms with Crippen LogP contribution in [0.1, 0.15) is 29.4 Å². The molecule has 1 amide bonds. The SMILES string of the molecule is CCc1nc(C)sc1CN1CCN(c2ccc(OC)cc2)C(=O)[C@@H]1C. The van der Waals surface area contributed by atoms with Gasteiger partial charge in [0, 0.05) is 30.2 Å². The lowest BCUT2D eigenvalue weighted by Gasteiger charge is -2.39. The summed E-state index contributed by atoms with van der Waals surface area (Å²) in [5.74, 6) is 0.950. The van der Waals surface area contributed by atoms with Crippen molar-refractivity contribution >= 4 is 22.9 Å². The molecular weight excluding hydrogens is 334 g/mol. The van der Waals surface area contributed by atoms with Crippen molar-refractivity contribution in [3.8, 4) is 5.75 Å². The van der Waals surface area contributed by atoms with Gasteiger partial charge in [-0.3, -0.25) is 9.69 Å². The summed E-state index contributed by atoms with van der Waals surface area (Å²) in [6.07, 6.45) is 0.938. The normalized spacial score (nSPS) is 18.6. The Balaban J connectivity index is 1.72. The Labute approximate surface area is 153 Å². The Morgan fingerprint density at radius 1 is 1.28 bits per heavy atom.